The van der Waals surface area contributed by atoms with Gasteiger partial charge in [0.25, 0.3) is 0 Å². The monoisotopic (exact) mass is 951 g/mol. The minimum Gasteiger partial charge on any atom is -0.308 e. The molecule has 0 unspecified atom stereocenters. The second-order valence-electron chi connectivity index (χ2n) is 22.4. The highest BCUT2D eigenvalue weighted by Gasteiger charge is 2.33. The van der Waals surface area contributed by atoms with E-state index in [1.54, 1.807) is 0 Å². The van der Waals surface area contributed by atoms with Crippen molar-refractivity contribution in [3.63, 3.8) is 0 Å². The van der Waals surface area contributed by atoms with Crippen molar-refractivity contribution < 1.29 is 0 Å². The first kappa shape index (κ1) is 42.7. The summed E-state index contributed by atoms with van der Waals surface area (Å²) < 4.78 is 5.11. The number of para-hydroxylation sites is 4. The normalized spacial score (nSPS) is 12.7. The molecule has 5 nitrogen and oxygen atoms in total. The van der Waals surface area contributed by atoms with Crippen molar-refractivity contribution in [2.24, 2.45) is 0 Å². The summed E-state index contributed by atoms with van der Waals surface area (Å²) in [4.78, 5) is 10.7. The van der Waals surface area contributed by atoms with Crippen LogP contribution in [0.15, 0.2) is 212 Å². The van der Waals surface area contributed by atoms with Crippen LogP contribution in [0.25, 0.3) is 97.9 Å². The van der Waals surface area contributed by atoms with Crippen molar-refractivity contribution in [3.8, 4) is 0 Å². The lowest BCUT2D eigenvalue weighted by atomic mass is 9.85. The molecular formula is C69H53N5. The molecular weight excluding hydrogens is 899 g/mol. The van der Waals surface area contributed by atoms with E-state index in [1.807, 2.05) is 0 Å². The van der Waals surface area contributed by atoms with Crippen molar-refractivity contribution in [1.29, 1.82) is 0 Å². The molecule has 15 aromatic rings. The summed E-state index contributed by atoms with van der Waals surface area (Å²) in [5.74, 6) is 0. The fraction of sp³-hybridized carbons (Fsp3) is 0.116. The number of pyridine rings is 1. The van der Waals surface area contributed by atoms with Crippen molar-refractivity contribution in [3.05, 3.63) is 224 Å². The topological polar surface area (TPSA) is 28.2 Å². The van der Waals surface area contributed by atoms with Gasteiger partial charge >= 0.3 is 0 Å². The first-order valence-electron chi connectivity index (χ1n) is 26.0. The highest BCUT2D eigenvalue weighted by molar-refractivity contribution is 6.40. The molecule has 5 heterocycles. The van der Waals surface area contributed by atoms with Crippen molar-refractivity contribution >= 4 is 132 Å². The molecule has 0 fully saturated rings. The average molecular weight is 952 g/mol. The molecule has 0 saturated heterocycles. The highest BCUT2D eigenvalue weighted by atomic mass is 15.2. The van der Waals surface area contributed by atoms with Crippen molar-refractivity contribution in [2.75, 3.05) is 9.80 Å². The maximum absolute atomic E-state index is 5.81. The Balaban J connectivity index is 1.19. The van der Waals surface area contributed by atoms with Crippen LogP contribution in [0, 0.1) is 0 Å². The lowest BCUT2D eigenvalue weighted by Crippen LogP contribution is -2.15. The van der Waals surface area contributed by atoms with Gasteiger partial charge in [0.05, 0.1) is 45.2 Å². The second-order valence-corrected chi connectivity index (χ2v) is 22.4. The second kappa shape index (κ2) is 15.3. The van der Waals surface area contributed by atoms with Gasteiger partial charge < -0.3 is 14.2 Å². The van der Waals surface area contributed by atoms with Gasteiger partial charge in [-0.25, -0.2) is 4.98 Å². The van der Waals surface area contributed by atoms with Crippen LogP contribution in [0.2, 0.25) is 0 Å². The molecule has 74 heavy (non-hydrogen) atoms. The Hall–Kier alpha value is -8.93. The number of anilines is 6. The number of hydrogen-bond acceptors (Lipinski definition) is 3. The zero-order valence-corrected chi connectivity index (χ0v) is 42.4. The van der Waals surface area contributed by atoms with Gasteiger partial charge in [0.2, 0.25) is 0 Å². The lowest BCUT2D eigenvalue weighted by molar-refractivity contribution is 0.591. The van der Waals surface area contributed by atoms with Gasteiger partial charge in [0.15, 0.2) is 0 Å². The van der Waals surface area contributed by atoms with Crippen molar-refractivity contribution in [1.82, 2.24) is 13.8 Å². The maximum atomic E-state index is 5.81. The molecule has 0 bridgehead atoms. The number of hydrogen-bond donors (Lipinski definition) is 0. The van der Waals surface area contributed by atoms with Crippen LogP contribution in [-0.2, 0) is 10.8 Å². The van der Waals surface area contributed by atoms with Crippen LogP contribution in [-0.4, -0.2) is 13.8 Å². The minimum absolute atomic E-state index is 0.124. The summed E-state index contributed by atoms with van der Waals surface area (Å²) in [5.41, 5.74) is 15.8. The number of fused-ring (bicyclic) bond motifs is 16. The summed E-state index contributed by atoms with van der Waals surface area (Å²) in [7, 11) is 0. The third-order valence-electron chi connectivity index (χ3n) is 16.0. The van der Waals surface area contributed by atoms with Crippen molar-refractivity contribution in [2.45, 2.75) is 52.4 Å². The summed E-state index contributed by atoms with van der Waals surface area (Å²) >= 11 is 0. The molecule has 0 aliphatic heterocycles. The van der Waals surface area contributed by atoms with Crippen LogP contribution >= 0.6 is 0 Å². The number of aromatic nitrogens is 3. The van der Waals surface area contributed by atoms with Gasteiger partial charge in [0, 0.05) is 71.2 Å². The van der Waals surface area contributed by atoms with Gasteiger partial charge in [-0.05, 0) is 123 Å². The molecule has 0 aliphatic carbocycles. The zero-order chi connectivity index (χ0) is 49.8. The van der Waals surface area contributed by atoms with Crippen LogP contribution in [0.1, 0.15) is 52.7 Å². The van der Waals surface area contributed by atoms with E-state index in [1.165, 1.54) is 92.3 Å². The molecule has 354 valence electrons. The lowest BCUT2D eigenvalue weighted by Gasteiger charge is -2.29. The van der Waals surface area contributed by atoms with E-state index < -0.39 is 0 Å². The third-order valence-corrected chi connectivity index (χ3v) is 16.0. The van der Waals surface area contributed by atoms with E-state index in [0.717, 1.165) is 50.8 Å². The molecule has 10 aromatic carbocycles. The standard InChI is InChI=1S/C69H53N5/c1-68(2,3)44-37-54-53-36-43-24-20-22-34-51(43)65(72(48-29-15-9-16-30-48)49-31-17-10-18-32-49)66(53)74-62(54)56(39-44)60-61-58(41-70-67(60)74)73-63-55(52-35-42-23-19-21-33-50(42)59(61)64(52)73)38-45(69(4,5)6)40-57(63)71(46-25-11-7-12-26-46)47-27-13-8-14-28-47/h7-41H,1-6H3. The zero-order valence-electron chi connectivity index (χ0n) is 42.4. The maximum Gasteiger partial charge on any atom is 0.146 e. The Morgan fingerprint density at radius 3 is 1.36 bits per heavy atom. The molecule has 0 N–H and O–H groups in total. The molecule has 0 saturated carbocycles. The first-order valence-corrected chi connectivity index (χ1v) is 26.0. The predicted molar refractivity (Wildman–Crippen MR) is 315 cm³/mol. The first-order chi connectivity index (χ1) is 36.0. The Labute approximate surface area is 429 Å². The largest absolute Gasteiger partial charge is 0.308 e. The van der Waals surface area contributed by atoms with Crippen LogP contribution in [0.3, 0.4) is 0 Å². The molecule has 5 heteroatoms. The van der Waals surface area contributed by atoms with E-state index in [2.05, 4.69) is 273 Å². The molecule has 5 aromatic heterocycles. The number of rotatable bonds is 6. The van der Waals surface area contributed by atoms with Crippen LogP contribution in [0.4, 0.5) is 34.1 Å². The molecule has 0 radical (unpaired) electrons. The van der Waals surface area contributed by atoms with Crippen LogP contribution < -0.4 is 9.80 Å². The van der Waals surface area contributed by atoms with E-state index in [-0.39, 0.29) is 10.8 Å². The molecule has 0 amide bonds. The summed E-state index contributed by atoms with van der Waals surface area (Å²) in [6.07, 6.45) is 2.19. The quantitative estimate of drug-likeness (QED) is 0.166. The summed E-state index contributed by atoms with van der Waals surface area (Å²) in [6, 6.07) is 76.2. The fourth-order valence-electron chi connectivity index (χ4n) is 12.5. The molecule has 0 aliphatic rings. The van der Waals surface area contributed by atoms with Gasteiger partial charge in [-0.15, -0.1) is 0 Å². The Kier molecular flexibility index (Phi) is 8.83. The van der Waals surface area contributed by atoms with Gasteiger partial charge in [-0.2, -0.15) is 0 Å². The minimum atomic E-state index is -0.140. The predicted octanol–water partition coefficient (Wildman–Crippen LogP) is 19.2. The third kappa shape index (κ3) is 5.95. The fourth-order valence-corrected chi connectivity index (χ4v) is 12.5. The summed E-state index contributed by atoms with van der Waals surface area (Å²) in [6.45, 7) is 14.0. The number of nitrogens with zero attached hydrogens (tertiary/aromatic N) is 5. The average Bonchev–Trinajstić information content (AvgIpc) is 4.19. The van der Waals surface area contributed by atoms with Gasteiger partial charge in [-0.1, -0.05) is 163 Å². The van der Waals surface area contributed by atoms with E-state index in [9.17, 15) is 0 Å². The SMILES string of the molecule is CC(C)(C)c1cc(N(c2ccccc2)c2ccccc2)c2c(c1)c1cc3ccccc3c3c4c5c6cc(C(C)(C)C)cc7c8cc9ccccc9c(N(c9ccccc9)c9ccccc9)c8n(c5ncc4n2c13)c76. The smallest absolute Gasteiger partial charge is 0.146 e. The van der Waals surface area contributed by atoms with Gasteiger partial charge in [-0.3, -0.25) is 4.40 Å². The summed E-state index contributed by atoms with van der Waals surface area (Å²) in [5, 5.41) is 14.7. The highest BCUT2D eigenvalue weighted by Crippen LogP contribution is 2.54. The van der Waals surface area contributed by atoms with Gasteiger partial charge in [0.1, 0.15) is 5.65 Å². The Morgan fingerprint density at radius 2 is 0.797 bits per heavy atom. The molecule has 0 atom stereocenters. The van der Waals surface area contributed by atoms with E-state index >= 15 is 0 Å². The van der Waals surface area contributed by atoms with E-state index in [4.69, 9.17) is 4.98 Å². The van der Waals surface area contributed by atoms with E-state index in [0.29, 0.717) is 0 Å². The Morgan fingerprint density at radius 1 is 0.351 bits per heavy atom. The molecule has 15 rings (SSSR count). The Bertz CT molecular complexity index is 4630. The number of benzene rings is 10. The van der Waals surface area contributed by atoms with Crippen LogP contribution in [0.5, 0.6) is 0 Å². The molecule has 0 spiro atoms.